The second kappa shape index (κ2) is 4.60. The highest BCUT2D eigenvalue weighted by Crippen LogP contribution is 2.14. The minimum absolute atomic E-state index is 0.585. The van der Waals surface area contributed by atoms with E-state index in [-0.39, 0.29) is 0 Å². The number of rotatable bonds is 4. The van der Waals surface area contributed by atoms with Gasteiger partial charge < -0.3 is 4.74 Å². The fourth-order valence-corrected chi connectivity index (χ4v) is 0.998. The third-order valence-electron chi connectivity index (χ3n) is 1.63. The maximum Gasteiger partial charge on any atom is 0.216 e. The molecule has 0 fully saturated rings. The number of carbonyl (C=O) groups excluding carboxylic acids is 1. The number of aldehydes is 1. The molecule has 0 bridgehead atoms. The smallest absolute Gasteiger partial charge is 0.216 e. The molecular weight excluding hydrogens is 166 g/mol. The summed E-state index contributed by atoms with van der Waals surface area (Å²) in [4.78, 5) is 14.4. The van der Waals surface area contributed by atoms with Crippen LogP contribution in [0.15, 0.2) is 12.3 Å². The average Bonchev–Trinajstić information content (AvgIpc) is 2.16. The highest BCUT2D eigenvalue weighted by Gasteiger charge is 2.01. The van der Waals surface area contributed by atoms with Crippen molar-refractivity contribution in [2.45, 2.75) is 20.3 Å². The molecule has 3 heteroatoms. The van der Waals surface area contributed by atoms with Crippen molar-refractivity contribution in [1.29, 1.82) is 0 Å². The van der Waals surface area contributed by atoms with Gasteiger partial charge in [-0.1, -0.05) is 6.92 Å². The van der Waals surface area contributed by atoms with Crippen molar-refractivity contribution in [3.63, 3.8) is 0 Å². The fraction of sp³-hybridized carbons (Fsp3) is 0.400. The van der Waals surface area contributed by atoms with Gasteiger partial charge in [0.15, 0.2) is 6.29 Å². The van der Waals surface area contributed by atoms with Gasteiger partial charge in [-0.05, 0) is 19.4 Å². The molecule has 0 saturated carbocycles. The predicted molar refractivity (Wildman–Crippen MR) is 50.1 cm³/mol. The highest BCUT2D eigenvalue weighted by molar-refractivity contribution is 5.74. The molecule has 0 saturated heterocycles. The Balaban J connectivity index is 2.79. The molecule has 1 aromatic heterocycles. The Labute approximate surface area is 77.8 Å². The zero-order valence-corrected chi connectivity index (χ0v) is 7.91. The topological polar surface area (TPSA) is 39.2 Å². The second-order valence-corrected chi connectivity index (χ2v) is 2.86. The van der Waals surface area contributed by atoms with Gasteiger partial charge in [0, 0.05) is 17.3 Å². The van der Waals surface area contributed by atoms with E-state index in [2.05, 4.69) is 4.98 Å². The van der Waals surface area contributed by atoms with Crippen molar-refractivity contribution in [3.05, 3.63) is 23.4 Å². The molecule has 0 N–H and O–H groups in total. The monoisotopic (exact) mass is 179 g/mol. The van der Waals surface area contributed by atoms with Gasteiger partial charge in [-0.15, -0.1) is 0 Å². The standard InChI is InChI=1S/C10H13NO2/c1-3-4-13-10-8(2)5-9(7-12)6-11-10/h5-7H,3-4H2,1-2H3. The van der Waals surface area contributed by atoms with E-state index < -0.39 is 0 Å². The zero-order chi connectivity index (χ0) is 9.68. The van der Waals surface area contributed by atoms with Crippen LogP contribution >= 0.6 is 0 Å². The summed E-state index contributed by atoms with van der Waals surface area (Å²) >= 11 is 0. The van der Waals surface area contributed by atoms with Gasteiger partial charge in [0.25, 0.3) is 0 Å². The largest absolute Gasteiger partial charge is 0.477 e. The predicted octanol–water partition coefficient (Wildman–Crippen LogP) is 1.99. The molecule has 0 atom stereocenters. The first-order valence-electron chi connectivity index (χ1n) is 4.32. The molecule has 1 heterocycles. The van der Waals surface area contributed by atoms with Gasteiger partial charge in [-0.3, -0.25) is 4.79 Å². The number of aromatic nitrogens is 1. The zero-order valence-electron chi connectivity index (χ0n) is 7.91. The van der Waals surface area contributed by atoms with Crippen LogP contribution in [0.2, 0.25) is 0 Å². The second-order valence-electron chi connectivity index (χ2n) is 2.86. The molecule has 1 rings (SSSR count). The normalized spacial score (nSPS) is 9.69. The summed E-state index contributed by atoms with van der Waals surface area (Å²) in [6.07, 6.45) is 3.26. The maximum atomic E-state index is 10.4. The van der Waals surface area contributed by atoms with E-state index in [1.165, 1.54) is 6.20 Å². The Morgan fingerprint density at radius 3 is 2.92 bits per heavy atom. The summed E-state index contributed by atoms with van der Waals surface area (Å²) in [5.41, 5.74) is 1.49. The lowest BCUT2D eigenvalue weighted by Gasteiger charge is -2.06. The molecule has 0 aliphatic rings. The first-order chi connectivity index (χ1) is 6.27. The van der Waals surface area contributed by atoms with Crippen LogP contribution in [0, 0.1) is 6.92 Å². The summed E-state index contributed by atoms with van der Waals surface area (Å²) in [6.45, 7) is 4.58. The summed E-state index contributed by atoms with van der Waals surface area (Å²) in [6, 6.07) is 1.77. The van der Waals surface area contributed by atoms with E-state index in [0.29, 0.717) is 18.1 Å². The van der Waals surface area contributed by atoms with Gasteiger partial charge in [0.1, 0.15) is 0 Å². The minimum Gasteiger partial charge on any atom is -0.477 e. The first-order valence-corrected chi connectivity index (χ1v) is 4.32. The minimum atomic E-state index is 0.585. The SMILES string of the molecule is CCCOc1ncc(C=O)cc1C. The fourth-order valence-electron chi connectivity index (χ4n) is 0.998. The summed E-state index contributed by atoms with van der Waals surface area (Å²) in [5.74, 6) is 0.618. The number of hydrogen-bond acceptors (Lipinski definition) is 3. The molecule has 0 aliphatic heterocycles. The molecule has 0 amide bonds. The van der Waals surface area contributed by atoms with Gasteiger partial charge in [-0.25, -0.2) is 4.98 Å². The number of nitrogens with zero attached hydrogens (tertiary/aromatic N) is 1. The van der Waals surface area contributed by atoms with Gasteiger partial charge in [-0.2, -0.15) is 0 Å². The summed E-state index contributed by atoms with van der Waals surface area (Å²) in [7, 11) is 0. The summed E-state index contributed by atoms with van der Waals surface area (Å²) in [5, 5.41) is 0. The van der Waals surface area contributed by atoms with E-state index in [9.17, 15) is 4.79 Å². The van der Waals surface area contributed by atoms with Crippen molar-refractivity contribution in [1.82, 2.24) is 4.98 Å². The van der Waals surface area contributed by atoms with Gasteiger partial charge >= 0.3 is 0 Å². The number of hydrogen-bond donors (Lipinski definition) is 0. The lowest BCUT2D eigenvalue weighted by atomic mass is 10.2. The Bertz CT molecular complexity index is 297. The van der Waals surface area contributed by atoms with E-state index in [1.54, 1.807) is 6.07 Å². The molecule has 0 spiro atoms. The summed E-state index contributed by atoms with van der Waals surface area (Å²) < 4.78 is 5.36. The number of pyridine rings is 1. The third-order valence-corrected chi connectivity index (χ3v) is 1.63. The van der Waals surface area contributed by atoms with Crippen molar-refractivity contribution < 1.29 is 9.53 Å². The number of ether oxygens (including phenoxy) is 1. The molecular formula is C10H13NO2. The van der Waals surface area contributed by atoms with Crippen molar-refractivity contribution in [3.8, 4) is 5.88 Å². The average molecular weight is 179 g/mol. The molecule has 0 aromatic carbocycles. The number of carbonyl (C=O) groups is 1. The van der Waals surface area contributed by atoms with Crippen LogP contribution in [0.3, 0.4) is 0 Å². The number of aryl methyl sites for hydroxylation is 1. The van der Waals surface area contributed by atoms with Crippen LogP contribution in [-0.2, 0) is 0 Å². The Hall–Kier alpha value is -1.38. The molecule has 13 heavy (non-hydrogen) atoms. The first kappa shape index (κ1) is 9.71. The van der Waals surface area contributed by atoms with Crippen LogP contribution in [0.25, 0.3) is 0 Å². The molecule has 3 nitrogen and oxygen atoms in total. The van der Waals surface area contributed by atoms with Crippen LogP contribution in [0.1, 0.15) is 29.3 Å². The molecule has 1 aromatic rings. The van der Waals surface area contributed by atoms with E-state index >= 15 is 0 Å². The lowest BCUT2D eigenvalue weighted by molar-refractivity contribution is 0.112. The molecule has 0 aliphatic carbocycles. The lowest BCUT2D eigenvalue weighted by Crippen LogP contribution is -1.99. The van der Waals surface area contributed by atoms with Gasteiger partial charge in [0.05, 0.1) is 6.61 Å². The van der Waals surface area contributed by atoms with E-state index in [0.717, 1.165) is 18.3 Å². The van der Waals surface area contributed by atoms with Crippen LogP contribution in [0.5, 0.6) is 5.88 Å². The Kier molecular flexibility index (Phi) is 3.43. The third kappa shape index (κ3) is 2.54. The quantitative estimate of drug-likeness (QED) is 0.663. The van der Waals surface area contributed by atoms with Crippen LogP contribution in [0.4, 0.5) is 0 Å². The van der Waals surface area contributed by atoms with E-state index in [4.69, 9.17) is 4.74 Å². The maximum absolute atomic E-state index is 10.4. The highest BCUT2D eigenvalue weighted by atomic mass is 16.5. The Morgan fingerprint density at radius 1 is 1.62 bits per heavy atom. The van der Waals surface area contributed by atoms with Crippen LogP contribution in [-0.4, -0.2) is 17.9 Å². The van der Waals surface area contributed by atoms with Crippen molar-refractivity contribution in [2.75, 3.05) is 6.61 Å². The van der Waals surface area contributed by atoms with Crippen molar-refractivity contribution >= 4 is 6.29 Å². The molecule has 70 valence electrons. The molecule has 0 radical (unpaired) electrons. The van der Waals surface area contributed by atoms with E-state index in [1.807, 2.05) is 13.8 Å². The van der Waals surface area contributed by atoms with Crippen molar-refractivity contribution in [2.24, 2.45) is 0 Å². The Morgan fingerprint density at radius 2 is 2.38 bits per heavy atom. The van der Waals surface area contributed by atoms with Crippen LogP contribution < -0.4 is 4.74 Å². The van der Waals surface area contributed by atoms with Gasteiger partial charge in [0.2, 0.25) is 5.88 Å². The molecule has 0 unspecified atom stereocenters.